The van der Waals surface area contributed by atoms with Crippen LogP contribution in [0.5, 0.6) is 5.75 Å². The predicted octanol–water partition coefficient (Wildman–Crippen LogP) is 2.29. The van der Waals surface area contributed by atoms with E-state index in [1.807, 2.05) is 35.2 Å². The molecule has 2 aliphatic rings. The third-order valence-electron chi connectivity index (χ3n) is 6.08. The van der Waals surface area contributed by atoms with Gasteiger partial charge in [0.15, 0.2) is 0 Å². The molecule has 0 saturated carbocycles. The van der Waals surface area contributed by atoms with Gasteiger partial charge in [-0.3, -0.25) is 14.7 Å². The number of aromatic nitrogens is 1. The lowest BCUT2D eigenvalue weighted by molar-refractivity contribution is -0.0878. The van der Waals surface area contributed by atoms with Crippen molar-refractivity contribution < 1.29 is 14.6 Å². The number of benzene rings is 1. The lowest BCUT2D eigenvalue weighted by Crippen LogP contribution is -2.61. The van der Waals surface area contributed by atoms with Crippen LogP contribution in [0.2, 0.25) is 0 Å². The van der Waals surface area contributed by atoms with E-state index in [0.717, 1.165) is 31.5 Å². The zero-order valence-electron chi connectivity index (χ0n) is 16.3. The van der Waals surface area contributed by atoms with Gasteiger partial charge in [-0.2, -0.15) is 0 Å². The molecule has 0 radical (unpaired) electrons. The average Bonchev–Trinajstić information content (AvgIpc) is 3.28. The zero-order chi connectivity index (χ0) is 19.6. The van der Waals surface area contributed by atoms with E-state index < -0.39 is 5.60 Å². The summed E-state index contributed by atoms with van der Waals surface area (Å²) in [6.07, 6.45) is 5.95. The topological polar surface area (TPSA) is 65.9 Å². The minimum Gasteiger partial charge on any atom is -0.494 e. The highest BCUT2D eigenvalue weighted by molar-refractivity contribution is 5.96. The van der Waals surface area contributed by atoms with Crippen LogP contribution in [0, 0.1) is 0 Å². The van der Waals surface area contributed by atoms with Crippen molar-refractivity contribution in [2.45, 2.75) is 30.9 Å². The predicted molar refractivity (Wildman–Crippen MR) is 106 cm³/mol. The van der Waals surface area contributed by atoms with Crippen LogP contribution in [-0.4, -0.2) is 65.1 Å². The number of methoxy groups -OCH3 is 1. The number of rotatable bonds is 4. The van der Waals surface area contributed by atoms with Gasteiger partial charge in [-0.1, -0.05) is 30.3 Å². The van der Waals surface area contributed by atoms with Crippen molar-refractivity contribution >= 4 is 5.91 Å². The van der Waals surface area contributed by atoms with Gasteiger partial charge in [-0.05, 0) is 44.0 Å². The lowest BCUT2D eigenvalue weighted by atomic mass is 9.79. The van der Waals surface area contributed by atoms with Gasteiger partial charge in [0, 0.05) is 19.3 Å². The Bertz CT molecular complexity index is 823. The molecule has 6 nitrogen and oxygen atoms in total. The Morgan fingerprint density at radius 2 is 1.93 bits per heavy atom. The molecule has 2 atom stereocenters. The summed E-state index contributed by atoms with van der Waals surface area (Å²) in [5, 5.41) is 11.7. The summed E-state index contributed by atoms with van der Waals surface area (Å²) in [5.41, 5.74) is 0.494. The van der Waals surface area contributed by atoms with Crippen molar-refractivity contribution in [2.24, 2.45) is 0 Å². The van der Waals surface area contributed by atoms with Gasteiger partial charge < -0.3 is 14.7 Å². The van der Waals surface area contributed by atoms with E-state index in [1.165, 1.54) is 0 Å². The number of amides is 1. The SMILES string of the molecule is COc1cnccc1C(=O)N1CC[C@](O)(c2ccccc2)[C@H](N2CCCC2)C1. The first-order valence-electron chi connectivity index (χ1n) is 9.93. The quantitative estimate of drug-likeness (QED) is 0.880. The van der Waals surface area contributed by atoms with Crippen molar-refractivity contribution in [2.75, 3.05) is 33.3 Å². The molecule has 1 aromatic carbocycles. The first kappa shape index (κ1) is 18.9. The number of carbonyl (C=O) groups is 1. The van der Waals surface area contributed by atoms with Crippen molar-refractivity contribution in [3.05, 3.63) is 59.9 Å². The third-order valence-corrected chi connectivity index (χ3v) is 6.08. The highest BCUT2D eigenvalue weighted by Crippen LogP contribution is 2.38. The molecule has 3 heterocycles. The van der Waals surface area contributed by atoms with E-state index in [-0.39, 0.29) is 11.9 Å². The normalized spacial score (nSPS) is 25.6. The zero-order valence-corrected chi connectivity index (χ0v) is 16.3. The monoisotopic (exact) mass is 381 g/mol. The van der Waals surface area contributed by atoms with Crippen LogP contribution in [0.3, 0.4) is 0 Å². The molecule has 1 aromatic heterocycles. The molecular weight excluding hydrogens is 354 g/mol. The molecule has 2 saturated heterocycles. The van der Waals surface area contributed by atoms with Gasteiger partial charge in [0.2, 0.25) is 0 Å². The summed E-state index contributed by atoms with van der Waals surface area (Å²) in [6, 6.07) is 11.5. The summed E-state index contributed by atoms with van der Waals surface area (Å²) in [6.45, 7) is 2.91. The number of carbonyl (C=O) groups excluding carboxylic acids is 1. The summed E-state index contributed by atoms with van der Waals surface area (Å²) < 4.78 is 5.32. The maximum Gasteiger partial charge on any atom is 0.257 e. The van der Waals surface area contributed by atoms with Gasteiger partial charge in [-0.25, -0.2) is 0 Å². The highest BCUT2D eigenvalue weighted by atomic mass is 16.5. The Balaban J connectivity index is 1.63. The summed E-state index contributed by atoms with van der Waals surface area (Å²) in [7, 11) is 1.55. The molecule has 0 bridgehead atoms. The molecule has 148 valence electrons. The van der Waals surface area contributed by atoms with Crippen LogP contribution in [0.1, 0.15) is 35.2 Å². The van der Waals surface area contributed by atoms with Crippen LogP contribution >= 0.6 is 0 Å². The number of ether oxygens (including phenoxy) is 1. The van der Waals surface area contributed by atoms with E-state index in [0.29, 0.717) is 30.8 Å². The number of pyridine rings is 1. The largest absolute Gasteiger partial charge is 0.494 e. The first-order chi connectivity index (χ1) is 13.6. The lowest BCUT2D eigenvalue weighted by Gasteiger charge is -2.48. The van der Waals surface area contributed by atoms with Crippen LogP contribution < -0.4 is 4.74 Å². The number of nitrogens with zero attached hydrogens (tertiary/aromatic N) is 3. The van der Waals surface area contributed by atoms with Gasteiger partial charge in [0.05, 0.1) is 24.9 Å². The molecule has 2 aliphatic heterocycles. The summed E-state index contributed by atoms with van der Waals surface area (Å²) in [4.78, 5) is 21.4. The second-order valence-corrected chi connectivity index (χ2v) is 7.63. The van der Waals surface area contributed by atoms with Gasteiger partial charge >= 0.3 is 0 Å². The minimum atomic E-state index is -0.954. The average molecular weight is 381 g/mol. The molecule has 1 amide bonds. The minimum absolute atomic E-state index is 0.0708. The Morgan fingerprint density at radius 1 is 1.18 bits per heavy atom. The van der Waals surface area contributed by atoms with Crippen LogP contribution in [-0.2, 0) is 5.60 Å². The van der Waals surface area contributed by atoms with Crippen LogP contribution in [0.15, 0.2) is 48.8 Å². The Kier molecular flexibility index (Phi) is 5.33. The van der Waals surface area contributed by atoms with E-state index in [2.05, 4.69) is 9.88 Å². The fourth-order valence-corrected chi connectivity index (χ4v) is 4.53. The van der Waals surface area contributed by atoms with Gasteiger partial charge in [0.1, 0.15) is 11.4 Å². The van der Waals surface area contributed by atoms with E-state index in [1.54, 1.807) is 25.6 Å². The number of hydrogen-bond acceptors (Lipinski definition) is 5. The van der Waals surface area contributed by atoms with Crippen molar-refractivity contribution in [3.63, 3.8) is 0 Å². The summed E-state index contributed by atoms with van der Waals surface area (Å²) >= 11 is 0. The second-order valence-electron chi connectivity index (χ2n) is 7.63. The third kappa shape index (κ3) is 3.38. The molecule has 28 heavy (non-hydrogen) atoms. The molecule has 4 rings (SSSR count). The molecule has 0 aliphatic carbocycles. The maximum atomic E-state index is 13.2. The number of hydrogen-bond donors (Lipinski definition) is 1. The van der Waals surface area contributed by atoms with Gasteiger partial charge in [-0.15, -0.1) is 0 Å². The summed E-state index contributed by atoms with van der Waals surface area (Å²) in [5.74, 6) is 0.410. The van der Waals surface area contributed by atoms with E-state index in [4.69, 9.17) is 4.74 Å². The number of aliphatic hydroxyl groups is 1. The van der Waals surface area contributed by atoms with Crippen molar-refractivity contribution in [1.29, 1.82) is 0 Å². The molecule has 2 aromatic rings. The highest BCUT2D eigenvalue weighted by Gasteiger charge is 2.47. The molecule has 6 heteroatoms. The molecular formula is C22H27N3O3. The van der Waals surface area contributed by atoms with E-state index in [9.17, 15) is 9.90 Å². The van der Waals surface area contributed by atoms with E-state index >= 15 is 0 Å². The number of piperidine rings is 1. The maximum absolute atomic E-state index is 13.2. The van der Waals surface area contributed by atoms with Gasteiger partial charge in [0.25, 0.3) is 5.91 Å². The first-order valence-corrected chi connectivity index (χ1v) is 9.93. The van der Waals surface area contributed by atoms with Crippen LogP contribution in [0.25, 0.3) is 0 Å². The molecule has 2 fully saturated rings. The Labute approximate surface area is 165 Å². The molecule has 1 N–H and O–H groups in total. The Hall–Kier alpha value is -2.44. The second kappa shape index (κ2) is 7.89. The number of likely N-dealkylation sites (tertiary alicyclic amines) is 2. The smallest absolute Gasteiger partial charge is 0.257 e. The van der Waals surface area contributed by atoms with Crippen LogP contribution in [0.4, 0.5) is 0 Å². The molecule has 0 unspecified atom stereocenters. The standard InChI is InChI=1S/C22H27N3O3/c1-28-19-15-23-11-9-18(19)21(26)25-14-10-22(27,17-7-3-2-4-8-17)20(16-25)24-12-5-6-13-24/h2-4,7-9,11,15,20,27H,5-6,10,12-14,16H2,1H3/t20-,22+/m1/s1. The van der Waals surface area contributed by atoms with Crippen molar-refractivity contribution in [3.8, 4) is 5.75 Å². The Morgan fingerprint density at radius 3 is 2.64 bits per heavy atom. The fourth-order valence-electron chi connectivity index (χ4n) is 4.53. The fraction of sp³-hybridized carbons (Fsp3) is 0.455. The molecule has 0 spiro atoms. The van der Waals surface area contributed by atoms with Crippen molar-refractivity contribution in [1.82, 2.24) is 14.8 Å².